The van der Waals surface area contributed by atoms with E-state index < -0.39 is 23.3 Å². The zero-order chi connectivity index (χ0) is 14.7. The van der Waals surface area contributed by atoms with E-state index in [2.05, 4.69) is 10.3 Å². The predicted molar refractivity (Wildman–Crippen MR) is 71.6 cm³/mol. The summed E-state index contributed by atoms with van der Waals surface area (Å²) in [6, 6.07) is 8.14. The van der Waals surface area contributed by atoms with Gasteiger partial charge in [0.05, 0.1) is 5.56 Å². The van der Waals surface area contributed by atoms with E-state index in [1.807, 2.05) is 0 Å². The lowest BCUT2D eigenvalue weighted by Crippen LogP contribution is -2.16. The number of H-pyrrole nitrogens is 1. The molecule has 0 saturated heterocycles. The molecule has 2 aromatic rings. The van der Waals surface area contributed by atoms with E-state index in [9.17, 15) is 19.5 Å². The van der Waals surface area contributed by atoms with Gasteiger partial charge in [-0.25, -0.2) is 0 Å². The van der Waals surface area contributed by atoms with Gasteiger partial charge in [-0.2, -0.15) is 0 Å². The third kappa shape index (κ3) is 3.02. The van der Waals surface area contributed by atoms with Crippen LogP contribution >= 0.6 is 0 Å². The minimum Gasteiger partial charge on any atom is -0.494 e. The number of carbonyl (C=O) groups is 2. The molecule has 1 heterocycles. The summed E-state index contributed by atoms with van der Waals surface area (Å²) in [5.41, 5.74) is 5.28. The SMILES string of the molecule is NC(=O)c1ccc(NC(=O)c2cc(O)[nH]c(=O)c2)cc1. The Morgan fingerprint density at radius 1 is 1.10 bits per heavy atom. The molecule has 7 nitrogen and oxygen atoms in total. The van der Waals surface area contributed by atoms with E-state index in [-0.39, 0.29) is 5.56 Å². The van der Waals surface area contributed by atoms with E-state index >= 15 is 0 Å². The second kappa shape index (κ2) is 5.27. The normalized spacial score (nSPS) is 10.0. The molecule has 1 aromatic carbocycles. The van der Waals surface area contributed by atoms with Crippen LogP contribution < -0.4 is 16.6 Å². The number of hydrogen-bond donors (Lipinski definition) is 4. The topological polar surface area (TPSA) is 125 Å². The predicted octanol–water partition coefficient (Wildman–Crippen LogP) is 0.432. The summed E-state index contributed by atoms with van der Waals surface area (Å²) < 4.78 is 0. The van der Waals surface area contributed by atoms with Gasteiger partial charge in [0.1, 0.15) is 0 Å². The smallest absolute Gasteiger partial charge is 0.256 e. The maximum absolute atomic E-state index is 11.9. The van der Waals surface area contributed by atoms with Crippen LogP contribution in [0.2, 0.25) is 0 Å². The zero-order valence-corrected chi connectivity index (χ0v) is 10.2. The summed E-state index contributed by atoms with van der Waals surface area (Å²) >= 11 is 0. The quantitative estimate of drug-likeness (QED) is 0.647. The highest BCUT2D eigenvalue weighted by Gasteiger charge is 2.09. The monoisotopic (exact) mass is 273 g/mol. The van der Waals surface area contributed by atoms with Gasteiger partial charge in [-0.05, 0) is 24.3 Å². The minimum atomic E-state index is -0.584. The fraction of sp³-hybridized carbons (Fsp3) is 0. The Labute approximate surface area is 113 Å². The molecule has 0 spiro atoms. The number of nitrogens with two attached hydrogens (primary N) is 1. The molecule has 0 atom stereocenters. The number of primary amides is 1. The van der Waals surface area contributed by atoms with Gasteiger partial charge in [-0.1, -0.05) is 0 Å². The molecule has 20 heavy (non-hydrogen) atoms. The van der Waals surface area contributed by atoms with Crippen molar-refractivity contribution in [2.24, 2.45) is 5.73 Å². The molecule has 7 heteroatoms. The van der Waals surface area contributed by atoms with Crippen LogP contribution in [-0.4, -0.2) is 21.9 Å². The van der Waals surface area contributed by atoms with Crippen LogP contribution in [-0.2, 0) is 0 Å². The number of benzene rings is 1. The first kappa shape index (κ1) is 13.3. The first-order valence-corrected chi connectivity index (χ1v) is 5.60. The molecule has 0 radical (unpaired) electrons. The molecule has 0 aliphatic heterocycles. The highest BCUT2D eigenvalue weighted by Crippen LogP contribution is 2.12. The molecule has 0 aliphatic carbocycles. The van der Waals surface area contributed by atoms with Gasteiger partial charge in [0.15, 0.2) is 5.88 Å². The molecular formula is C13H11N3O4. The molecule has 1 aromatic heterocycles. The van der Waals surface area contributed by atoms with Crippen molar-refractivity contribution < 1.29 is 14.7 Å². The Balaban J connectivity index is 2.19. The second-order valence-electron chi connectivity index (χ2n) is 4.01. The average Bonchev–Trinajstić information content (AvgIpc) is 2.38. The zero-order valence-electron chi connectivity index (χ0n) is 10.2. The Morgan fingerprint density at radius 3 is 2.30 bits per heavy atom. The van der Waals surface area contributed by atoms with Crippen molar-refractivity contribution in [3.8, 4) is 5.88 Å². The highest BCUT2D eigenvalue weighted by atomic mass is 16.3. The second-order valence-corrected chi connectivity index (χ2v) is 4.01. The van der Waals surface area contributed by atoms with Crippen molar-refractivity contribution in [2.45, 2.75) is 0 Å². The number of aromatic nitrogens is 1. The van der Waals surface area contributed by atoms with Crippen LogP contribution in [0.1, 0.15) is 20.7 Å². The number of rotatable bonds is 3. The summed E-state index contributed by atoms with van der Waals surface area (Å²) in [7, 11) is 0. The number of aromatic amines is 1. The average molecular weight is 273 g/mol. The fourth-order valence-corrected chi connectivity index (χ4v) is 1.58. The molecule has 0 unspecified atom stereocenters. The summed E-state index contributed by atoms with van der Waals surface area (Å²) in [5.74, 6) is -1.52. The van der Waals surface area contributed by atoms with Crippen molar-refractivity contribution in [1.82, 2.24) is 4.98 Å². The molecule has 2 rings (SSSR count). The number of anilines is 1. The molecule has 0 saturated carbocycles. The Hall–Kier alpha value is -3.09. The van der Waals surface area contributed by atoms with Gasteiger partial charge in [0.2, 0.25) is 5.91 Å². The van der Waals surface area contributed by atoms with Gasteiger partial charge < -0.3 is 16.2 Å². The minimum absolute atomic E-state index is 0.0187. The number of amides is 2. The summed E-state index contributed by atoms with van der Waals surface area (Å²) in [5, 5.41) is 11.7. The Kier molecular flexibility index (Phi) is 3.52. The summed E-state index contributed by atoms with van der Waals surface area (Å²) in [6.45, 7) is 0. The summed E-state index contributed by atoms with van der Waals surface area (Å²) in [4.78, 5) is 36.0. The number of pyridine rings is 1. The largest absolute Gasteiger partial charge is 0.494 e. The van der Waals surface area contributed by atoms with Crippen molar-refractivity contribution in [3.63, 3.8) is 0 Å². The van der Waals surface area contributed by atoms with Gasteiger partial charge in [0, 0.05) is 23.4 Å². The molecule has 2 amide bonds. The van der Waals surface area contributed by atoms with Gasteiger partial charge in [0.25, 0.3) is 11.5 Å². The van der Waals surface area contributed by atoms with Crippen molar-refractivity contribution >= 4 is 17.5 Å². The number of hydrogen-bond acceptors (Lipinski definition) is 4. The first-order chi connectivity index (χ1) is 9.45. The van der Waals surface area contributed by atoms with Gasteiger partial charge in [-0.15, -0.1) is 0 Å². The molecule has 5 N–H and O–H groups in total. The van der Waals surface area contributed by atoms with Crippen LogP contribution in [0.3, 0.4) is 0 Å². The molecule has 0 fully saturated rings. The van der Waals surface area contributed by atoms with E-state index in [4.69, 9.17) is 5.73 Å². The maximum Gasteiger partial charge on any atom is 0.256 e. The van der Waals surface area contributed by atoms with E-state index in [0.717, 1.165) is 12.1 Å². The van der Waals surface area contributed by atoms with Crippen LogP contribution in [0, 0.1) is 0 Å². The Bertz CT molecular complexity index is 719. The highest BCUT2D eigenvalue weighted by molar-refractivity contribution is 6.04. The number of nitrogens with one attached hydrogen (secondary N) is 2. The lowest BCUT2D eigenvalue weighted by molar-refractivity contribution is 0.0998. The number of carbonyl (C=O) groups excluding carboxylic acids is 2. The van der Waals surface area contributed by atoms with E-state index in [0.29, 0.717) is 11.3 Å². The van der Waals surface area contributed by atoms with Crippen LogP contribution in [0.4, 0.5) is 5.69 Å². The van der Waals surface area contributed by atoms with Crippen molar-refractivity contribution in [1.29, 1.82) is 0 Å². The Morgan fingerprint density at radius 2 is 1.75 bits per heavy atom. The summed E-state index contributed by atoms with van der Waals surface area (Å²) in [6.07, 6.45) is 0. The molecule has 102 valence electrons. The third-order valence-corrected chi connectivity index (χ3v) is 2.52. The van der Waals surface area contributed by atoms with Crippen molar-refractivity contribution in [2.75, 3.05) is 5.32 Å². The third-order valence-electron chi connectivity index (χ3n) is 2.52. The molecule has 0 aliphatic rings. The van der Waals surface area contributed by atoms with E-state index in [1.165, 1.54) is 24.3 Å². The first-order valence-electron chi connectivity index (χ1n) is 5.60. The lowest BCUT2D eigenvalue weighted by atomic mass is 10.2. The van der Waals surface area contributed by atoms with E-state index in [1.54, 1.807) is 0 Å². The van der Waals surface area contributed by atoms with Crippen LogP contribution in [0.25, 0.3) is 0 Å². The fourth-order valence-electron chi connectivity index (χ4n) is 1.58. The standard InChI is InChI=1S/C13H11N3O4/c14-12(19)7-1-3-9(4-2-7)15-13(20)8-5-10(17)16-11(18)6-8/h1-6H,(H2,14,19)(H,15,20)(H2,16,17,18). The lowest BCUT2D eigenvalue weighted by Gasteiger charge is -2.05. The van der Waals surface area contributed by atoms with Crippen LogP contribution in [0.5, 0.6) is 5.88 Å². The van der Waals surface area contributed by atoms with Crippen LogP contribution in [0.15, 0.2) is 41.2 Å². The maximum atomic E-state index is 11.9. The van der Waals surface area contributed by atoms with Gasteiger partial charge >= 0.3 is 0 Å². The van der Waals surface area contributed by atoms with Crippen molar-refractivity contribution in [3.05, 3.63) is 57.9 Å². The molecular weight excluding hydrogens is 262 g/mol. The molecule has 0 bridgehead atoms. The van der Waals surface area contributed by atoms with Gasteiger partial charge in [-0.3, -0.25) is 19.4 Å². The number of aromatic hydroxyl groups is 1.